The molecule has 0 saturated carbocycles. The van der Waals surface area contributed by atoms with Gasteiger partial charge in [-0.3, -0.25) is 9.59 Å². The minimum atomic E-state index is -3.94. The van der Waals surface area contributed by atoms with E-state index in [1.165, 1.54) is 13.1 Å². The molecular formula is C21H23N3O5S. The molecule has 2 aromatic rings. The molecule has 2 aromatic carbocycles. The highest BCUT2D eigenvalue weighted by molar-refractivity contribution is 7.89. The van der Waals surface area contributed by atoms with E-state index in [1.807, 2.05) is 24.3 Å². The fraction of sp³-hybridized carbons (Fsp3) is 0.333. The van der Waals surface area contributed by atoms with Crippen LogP contribution in [0.3, 0.4) is 0 Å². The number of sulfonamides is 1. The molecule has 0 unspecified atom stereocenters. The van der Waals surface area contributed by atoms with Crippen LogP contribution in [0.15, 0.2) is 41.3 Å². The van der Waals surface area contributed by atoms with Crippen molar-refractivity contribution < 1.29 is 22.7 Å². The number of hydrogen-bond acceptors (Lipinski definition) is 5. The molecule has 30 heavy (non-hydrogen) atoms. The van der Waals surface area contributed by atoms with Crippen molar-refractivity contribution in [2.75, 3.05) is 30.4 Å². The van der Waals surface area contributed by atoms with Crippen LogP contribution in [-0.4, -0.2) is 50.8 Å². The lowest BCUT2D eigenvalue weighted by molar-refractivity contribution is -0.122. The molecule has 9 heteroatoms. The van der Waals surface area contributed by atoms with Gasteiger partial charge in [0.05, 0.1) is 17.1 Å². The zero-order chi connectivity index (χ0) is 21.6. The van der Waals surface area contributed by atoms with Crippen LogP contribution in [-0.2, 0) is 26.0 Å². The van der Waals surface area contributed by atoms with Crippen molar-refractivity contribution in [3.63, 3.8) is 0 Å². The zero-order valence-corrected chi connectivity index (χ0v) is 17.8. The molecular weight excluding hydrogens is 406 g/mol. The van der Waals surface area contributed by atoms with Crippen LogP contribution in [0, 0.1) is 6.92 Å². The van der Waals surface area contributed by atoms with Gasteiger partial charge in [0.1, 0.15) is 5.75 Å². The zero-order valence-electron chi connectivity index (χ0n) is 17.0. The molecule has 0 spiro atoms. The lowest BCUT2D eigenvalue weighted by Crippen LogP contribution is -2.40. The second-order valence-corrected chi connectivity index (χ2v) is 9.56. The third kappa shape index (κ3) is 3.44. The van der Waals surface area contributed by atoms with Gasteiger partial charge in [-0.2, -0.15) is 4.31 Å². The number of nitrogens with zero attached hydrogens (tertiary/aromatic N) is 2. The Morgan fingerprint density at radius 2 is 2.03 bits per heavy atom. The average Bonchev–Trinajstić information content (AvgIpc) is 3.13. The number of fused-ring (bicyclic) bond motifs is 2. The second-order valence-electron chi connectivity index (χ2n) is 7.55. The maximum absolute atomic E-state index is 13.2. The quantitative estimate of drug-likeness (QED) is 0.801. The summed E-state index contributed by atoms with van der Waals surface area (Å²) >= 11 is 0. The van der Waals surface area contributed by atoms with Crippen molar-refractivity contribution >= 4 is 33.2 Å². The summed E-state index contributed by atoms with van der Waals surface area (Å²) in [6.45, 7) is 3.49. The molecule has 8 nitrogen and oxygen atoms in total. The van der Waals surface area contributed by atoms with Crippen molar-refractivity contribution in [2.45, 2.75) is 31.3 Å². The lowest BCUT2D eigenvalue weighted by atomic mass is 10.1. The number of anilines is 2. The average molecular weight is 429 g/mol. The van der Waals surface area contributed by atoms with Crippen LogP contribution in [0.4, 0.5) is 11.4 Å². The highest BCUT2D eigenvalue weighted by Gasteiger charge is 2.32. The third-order valence-corrected chi connectivity index (χ3v) is 7.39. The molecule has 1 atom stereocenters. The van der Waals surface area contributed by atoms with Gasteiger partial charge in [0.15, 0.2) is 6.10 Å². The number of hydrogen-bond donors (Lipinski definition) is 1. The normalized spacial score (nSPS) is 17.9. The summed E-state index contributed by atoms with van der Waals surface area (Å²) in [7, 11) is -2.55. The Hall–Kier alpha value is -2.91. The monoisotopic (exact) mass is 429 g/mol. The predicted molar refractivity (Wildman–Crippen MR) is 112 cm³/mol. The summed E-state index contributed by atoms with van der Waals surface area (Å²) in [5.74, 6) is -0.274. The van der Waals surface area contributed by atoms with E-state index in [1.54, 1.807) is 24.8 Å². The molecule has 2 amide bonds. The molecule has 0 radical (unpaired) electrons. The summed E-state index contributed by atoms with van der Waals surface area (Å²) < 4.78 is 33.0. The number of benzene rings is 2. The van der Waals surface area contributed by atoms with E-state index in [9.17, 15) is 18.0 Å². The summed E-state index contributed by atoms with van der Waals surface area (Å²) in [6, 6.07) is 10.6. The van der Waals surface area contributed by atoms with E-state index < -0.39 is 16.1 Å². The highest BCUT2D eigenvalue weighted by Crippen LogP contribution is 2.35. The van der Waals surface area contributed by atoms with Crippen molar-refractivity contribution in [2.24, 2.45) is 0 Å². The molecule has 158 valence electrons. The van der Waals surface area contributed by atoms with Gasteiger partial charge in [0.25, 0.3) is 5.91 Å². The van der Waals surface area contributed by atoms with Crippen molar-refractivity contribution in [3.05, 3.63) is 47.5 Å². The van der Waals surface area contributed by atoms with Gasteiger partial charge >= 0.3 is 0 Å². The van der Waals surface area contributed by atoms with E-state index in [4.69, 9.17) is 4.74 Å². The Labute approximate surface area is 175 Å². The first-order valence-corrected chi connectivity index (χ1v) is 11.1. The molecule has 0 saturated heterocycles. The number of carbonyl (C=O) groups excluding carboxylic acids is 2. The number of ether oxygens (including phenoxy) is 1. The van der Waals surface area contributed by atoms with Gasteiger partial charge < -0.3 is 15.0 Å². The Balaban J connectivity index is 1.57. The fourth-order valence-electron chi connectivity index (χ4n) is 3.75. The molecule has 1 N–H and O–H groups in total. The van der Waals surface area contributed by atoms with Crippen molar-refractivity contribution in [1.82, 2.24) is 4.31 Å². The number of likely N-dealkylation sites (N-methyl/N-ethyl adjacent to an activating group) is 1. The molecule has 0 aromatic heterocycles. The Morgan fingerprint density at radius 3 is 2.80 bits per heavy atom. The lowest BCUT2D eigenvalue weighted by Gasteiger charge is -2.26. The van der Waals surface area contributed by atoms with Gasteiger partial charge in [-0.15, -0.1) is 0 Å². The molecule has 4 rings (SSSR count). The minimum absolute atomic E-state index is 0.0433. The van der Waals surface area contributed by atoms with E-state index in [0.717, 1.165) is 22.0 Å². The van der Waals surface area contributed by atoms with Gasteiger partial charge in [0.2, 0.25) is 15.9 Å². The van der Waals surface area contributed by atoms with Crippen LogP contribution in [0.1, 0.15) is 18.1 Å². The maximum atomic E-state index is 13.2. The van der Waals surface area contributed by atoms with Crippen LogP contribution in [0.25, 0.3) is 0 Å². The smallest absolute Gasteiger partial charge is 0.265 e. The molecule has 2 aliphatic rings. The molecule has 2 heterocycles. The number of para-hydroxylation sites is 1. The summed E-state index contributed by atoms with van der Waals surface area (Å²) in [5, 5.41) is 2.70. The van der Waals surface area contributed by atoms with Gasteiger partial charge in [0, 0.05) is 25.3 Å². The van der Waals surface area contributed by atoms with Gasteiger partial charge in [-0.05, 0) is 43.5 Å². The first-order chi connectivity index (χ1) is 14.2. The van der Waals surface area contributed by atoms with Crippen LogP contribution in [0.2, 0.25) is 0 Å². The second kappa shape index (κ2) is 7.41. The standard InChI is InChI=1S/C21H23N3O5S/c1-13-10-16-18(29-14(2)21(26)22-16)11-19(13)30(27,28)23(3)12-20(25)24-9-8-15-6-4-5-7-17(15)24/h4-7,10-11,14H,8-9,12H2,1-3H3,(H,22,26)/t14-/m0/s1. The largest absolute Gasteiger partial charge is 0.479 e. The number of carbonyl (C=O) groups is 2. The number of nitrogens with one attached hydrogen (secondary N) is 1. The highest BCUT2D eigenvalue weighted by atomic mass is 32.2. The fourth-order valence-corrected chi connectivity index (χ4v) is 5.08. The SMILES string of the molecule is Cc1cc2c(cc1S(=O)(=O)N(C)CC(=O)N1CCc3ccccc31)O[C@@H](C)C(=O)N2. The first-order valence-electron chi connectivity index (χ1n) is 9.65. The van der Waals surface area contributed by atoms with Crippen LogP contribution < -0.4 is 15.0 Å². The topological polar surface area (TPSA) is 96.0 Å². The van der Waals surface area contributed by atoms with E-state index >= 15 is 0 Å². The van der Waals surface area contributed by atoms with Gasteiger partial charge in [-0.25, -0.2) is 8.42 Å². The summed E-state index contributed by atoms with van der Waals surface area (Å²) in [5.41, 5.74) is 2.80. The van der Waals surface area contributed by atoms with Gasteiger partial charge in [-0.1, -0.05) is 18.2 Å². The van der Waals surface area contributed by atoms with Crippen LogP contribution >= 0.6 is 0 Å². The van der Waals surface area contributed by atoms with E-state index in [0.29, 0.717) is 23.5 Å². The Bertz CT molecular complexity index is 1150. The number of rotatable bonds is 4. The number of amides is 2. The molecule has 0 bridgehead atoms. The summed E-state index contributed by atoms with van der Waals surface area (Å²) in [4.78, 5) is 26.3. The Morgan fingerprint density at radius 1 is 1.30 bits per heavy atom. The number of aryl methyl sites for hydroxylation is 1. The minimum Gasteiger partial charge on any atom is -0.479 e. The molecule has 0 aliphatic carbocycles. The third-order valence-electron chi connectivity index (χ3n) is 5.44. The first kappa shape index (κ1) is 20.4. The molecule has 2 aliphatic heterocycles. The molecule has 0 fully saturated rings. The Kier molecular flexibility index (Phi) is 5.03. The predicted octanol–water partition coefficient (Wildman–Crippen LogP) is 1.92. The van der Waals surface area contributed by atoms with Crippen LogP contribution in [0.5, 0.6) is 5.75 Å². The summed E-state index contributed by atoms with van der Waals surface area (Å²) in [6.07, 6.45) is 0.0362. The van der Waals surface area contributed by atoms with E-state index in [-0.39, 0.29) is 23.3 Å². The maximum Gasteiger partial charge on any atom is 0.265 e. The van der Waals surface area contributed by atoms with Crippen molar-refractivity contribution in [1.29, 1.82) is 0 Å². The van der Waals surface area contributed by atoms with E-state index in [2.05, 4.69) is 5.32 Å². The van der Waals surface area contributed by atoms with Crippen molar-refractivity contribution in [3.8, 4) is 5.75 Å².